The molecule has 1 fully saturated rings. The zero-order chi connectivity index (χ0) is 18.6. The summed E-state index contributed by atoms with van der Waals surface area (Å²) in [7, 11) is 3.97. The van der Waals surface area contributed by atoms with Gasteiger partial charge >= 0.3 is 0 Å². The molecule has 0 saturated carbocycles. The molecule has 1 aromatic carbocycles. The van der Waals surface area contributed by atoms with Gasteiger partial charge in [0.2, 0.25) is 0 Å². The third-order valence-electron chi connectivity index (χ3n) is 4.01. The standard InChI is InChI=1S/C19H23N3O2S/c1-5-21-17(23)16(18(24)22(6-2)19(21)25)9-7-8-14-10-12-15(13-11-14)20(3)4/h7-13H,5-6H2,1-4H3/b8-7+. The van der Waals surface area contributed by atoms with E-state index in [1.165, 1.54) is 9.80 Å². The summed E-state index contributed by atoms with van der Waals surface area (Å²) < 4.78 is 0. The average Bonchev–Trinajstić information content (AvgIpc) is 2.59. The fourth-order valence-corrected chi connectivity index (χ4v) is 2.97. The smallest absolute Gasteiger partial charge is 0.265 e. The molecule has 5 nitrogen and oxygen atoms in total. The first-order valence-electron chi connectivity index (χ1n) is 8.24. The van der Waals surface area contributed by atoms with Gasteiger partial charge in [0.25, 0.3) is 11.8 Å². The van der Waals surface area contributed by atoms with Crippen molar-refractivity contribution < 1.29 is 9.59 Å². The number of carbonyl (C=O) groups excluding carboxylic acids is 2. The average molecular weight is 357 g/mol. The molecule has 0 atom stereocenters. The van der Waals surface area contributed by atoms with Gasteiger partial charge in [0.05, 0.1) is 0 Å². The molecular weight excluding hydrogens is 334 g/mol. The highest BCUT2D eigenvalue weighted by molar-refractivity contribution is 7.80. The number of likely N-dealkylation sites (N-methyl/N-ethyl adjacent to an activating group) is 2. The second-order valence-corrected chi connectivity index (χ2v) is 6.17. The summed E-state index contributed by atoms with van der Waals surface area (Å²) >= 11 is 5.24. The van der Waals surface area contributed by atoms with Crippen LogP contribution in [0.1, 0.15) is 19.4 Å². The van der Waals surface area contributed by atoms with Crippen molar-refractivity contribution in [2.45, 2.75) is 13.8 Å². The number of anilines is 1. The fourth-order valence-electron chi connectivity index (χ4n) is 2.54. The minimum Gasteiger partial charge on any atom is -0.378 e. The second-order valence-electron chi connectivity index (χ2n) is 5.81. The van der Waals surface area contributed by atoms with Crippen molar-refractivity contribution in [3.8, 4) is 0 Å². The molecule has 2 amide bonds. The largest absolute Gasteiger partial charge is 0.378 e. The van der Waals surface area contributed by atoms with Gasteiger partial charge in [0.1, 0.15) is 5.57 Å². The molecule has 2 rings (SSSR count). The second kappa shape index (κ2) is 8.07. The highest BCUT2D eigenvalue weighted by Crippen LogP contribution is 2.18. The molecule has 1 saturated heterocycles. The molecule has 6 heteroatoms. The summed E-state index contributed by atoms with van der Waals surface area (Å²) in [5.74, 6) is -0.676. The minimum atomic E-state index is -0.338. The lowest BCUT2D eigenvalue weighted by atomic mass is 10.1. The Balaban J connectivity index is 2.24. The van der Waals surface area contributed by atoms with Gasteiger partial charge in [0.15, 0.2) is 5.11 Å². The molecule has 25 heavy (non-hydrogen) atoms. The van der Waals surface area contributed by atoms with Crippen molar-refractivity contribution in [2.24, 2.45) is 0 Å². The van der Waals surface area contributed by atoms with E-state index in [2.05, 4.69) is 0 Å². The van der Waals surface area contributed by atoms with Crippen LogP contribution in [0, 0.1) is 0 Å². The van der Waals surface area contributed by atoms with Gasteiger partial charge in [-0.15, -0.1) is 0 Å². The monoisotopic (exact) mass is 357 g/mol. The van der Waals surface area contributed by atoms with Gasteiger partial charge in [0, 0.05) is 32.9 Å². The lowest BCUT2D eigenvalue weighted by Crippen LogP contribution is -2.55. The molecule has 0 N–H and O–H groups in total. The van der Waals surface area contributed by atoms with Gasteiger partial charge in [-0.1, -0.05) is 24.3 Å². The summed E-state index contributed by atoms with van der Waals surface area (Å²) in [5, 5.41) is 0.278. The van der Waals surface area contributed by atoms with E-state index in [1.54, 1.807) is 12.2 Å². The third-order valence-corrected chi connectivity index (χ3v) is 4.45. The van der Waals surface area contributed by atoms with E-state index in [0.717, 1.165) is 11.3 Å². The lowest BCUT2D eigenvalue weighted by Gasteiger charge is -2.35. The number of carbonyl (C=O) groups is 2. The third kappa shape index (κ3) is 3.96. The molecular formula is C19H23N3O2S. The maximum Gasteiger partial charge on any atom is 0.265 e. The molecule has 1 heterocycles. The van der Waals surface area contributed by atoms with Crippen LogP contribution in [0.15, 0.2) is 42.0 Å². The quantitative estimate of drug-likeness (QED) is 0.462. The first-order chi connectivity index (χ1) is 11.9. The van der Waals surface area contributed by atoms with Crippen molar-refractivity contribution in [1.29, 1.82) is 0 Å². The molecule has 1 aliphatic rings. The molecule has 0 unspecified atom stereocenters. The maximum atomic E-state index is 12.5. The van der Waals surface area contributed by atoms with Crippen molar-refractivity contribution >= 4 is 40.9 Å². The van der Waals surface area contributed by atoms with E-state index in [9.17, 15) is 9.59 Å². The molecule has 1 aromatic rings. The zero-order valence-electron chi connectivity index (χ0n) is 15.0. The maximum absolute atomic E-state index is 12.5. The molecule has 1 aliphatic heterocycles. The number of benzene rings is 1. The number of hydrogen-bond donors (Lipinski definition) is 0. The van der Waals surface area contributed by atoms with Gasteiger partial charge < -0.3 is 4.90 Å². The number of amides is 2. The van der Waals surface area contributed by atoms with Crippen LogP contribution in [0.25, 0.3) is 6.08 Å². The Morgan fingerprint density at radius 2 is 1.52 bits per heavy atom. The normalized spacial score (nSPS) is 15.4. The fraction of sp³-hybridized carbons (Fsp3) is 0.316. The molecule has 0 spiro atoms. The van der Waals surface area contributed by atoms with E-state index in [-0.39, 0.29) is 22.5 Å². The first-order valence-corrected chi connectivity index (χ1v) is 8.65. The van der Waals surface area contributed by atoms with Crippen LogP contribution in [0.4, 0.5) is 5.69 Å². The van der Waals surface area contributed by atoms with Gasteiger partial charge in [-0.05, 0) is 49.8 Å². The summed E-state index contributed by atoms with van der Waals surface area (Å²) in [6.45, 7) is 4.56. The number of hydrogen-bond acceptors (Lipinski definition) is 4. The van der Waals surface area contributed by atoms with E-state index < -0.39 is 0 Å². The minimum absolute atomic E-state index is 0.137. The molecule has 0 aromatic heterocycles. The number of allylic oxidation sites excluding steroid dienone is 2. The van der Waals surface area contributed by atoms with Crippen molar-refractivity contribution in [3.63, 3.8) is 0 Å². The SMILES string of the molecule is CCN1C(=O)C(=C/C=C/c2ccc(N(C)C)cc2)C(=O)N(CC)C1=S. The Kier molecular flexibility index (Phi) is 6.09. The van der Waals surface area contributed by atoms with Crippen LogP contribution in [0.2, 0.25) is 0 Å². The molecule has 0 bridgehead atoms. The predicted molar refractivity (Wildman–Crippen MR) is 105 cm³/mol. The van der Waals surface area contributed by atoms with E-state index in [4.69, 9.17) is 12.2 Å². The first kappa shape index (κ1) is 18.9. The molecule has 0 radical (unpaired) electrons. The summed E-state index contributed by atoms with van der Waals surface area (Å²) in [4.78, 5) is 29.9. The number of nitrogens with zero attached hydrogens (tertiary/aromatic N) is 3. The van der Waals surface area contributed by atoms with Crippen LogP contribution >= 0.6 is 12.2 Å². The summed E-state index contributed by atoms with van der Waals surface area (Å²) in [6.07, 6.45) is 5.16. The molecule has 132 valence electrons. The zero-order valence-corrected chi connectivity index (χ0v) is 15.8. The Morgan fingerprint density at radius 3 is 1.96 bits per heavy atom. The van der Waals surface area contributed by atoms with Crippen molar-refractivity contribution in [1.82, 2.24) is 9.80 Å². The highest BCUT2D eigenvalue weighted by atomic mass is 32.1. The van der Waals surface area contributed by atoms with E-state index in [1.807, 2.05) is 63.2 Å². The van der Waals surface area contributed by atoms with Crippen LogP contribution in [0.5, 0.6) is 0 Å². The van der Waals surface area contributed by atoms with Crippen molar-refractivity contribution in [2.75, 3.05) is 32.1 Å². The van der Waals surface area contributed by atoms with Crippen LogP contribution in [0.3, 0.4) is 0 Å². The van der Waals surface area contributed by atoms with Gasteiger partial charge in [-0.25, -0.2) is 0 Å². The Hall–Kier alpha value is -2.47. The Labute approximate surface area is 154 Å². The van der Waals surface area contributed by atoms with E-state index in [0.29, 0.717) is 13.1 Å². The highest BCUT2D eigenvalue weighted by Gasteiger charge is 2.37. The van der Waals surface area contributed by atoms with Crippen LogP contribution in [-0.4, -0.2) is 53.9 Å². The Bertz CT molecular complexity index is 708. The van der Waals surface area contributed by atoms with Crippen LogP contribution in [-0.2, 0) is 9.59 Å². The summed E-state index contributed by atoms with van der Waals surface area (Å²) in [6, 6.07) is 8.00. The van der Waals surface area contributed by atoms with Crippen LogP contribution < -0.4 is 4.90 Å². The lowest BCUT2D eigenvalue weighted by molar-refractivity contribution is -0.133. The number of thiocarbonyl (C=S) groups is 1. The topological polar surface area (TPSA) is 43.9 Å². The van der Waals surface area contributed by atoms with Gasteiger partial charge in [-0.3, -0.25) is 19.4 Å². The number of rotatable bonds is 5. The predicted octanol–water partition coefficient (Wildman–Crippen LogP) is 2.69. The Morgan fingerprint density at radius 1 is 1.00 bits per heavy atom. The van der Waals surface area contributed by atoms with E-state index >= 15 is 0 Å². The molecule has 0 aliphatic carbocycles. The van der Waals surface area contributed by atoms with Gasteiger partial charge in [-0.2, -0.15) is 0 Å². The summed E-state index contributed by atoms with van der Waals surface area (Å²) in [5.41, 5.74) is 2.24. The van der Waals surface area contributed by atoms with Crippen molar-refractivity contribution in [3.05, 3.63) is 47.6 Å².